The van der Waals surface area contributed by atoms with Crippen molar-refractivity contribution in [2.75, 3.05) is 4.90 Å². The topological polar surface area (TPSA) is 38.9 Å². The molecule has 4 aromatic heterocycles. The summed E-state index contributed by atoms with van der Waals surface area (Å²) < 4.78 is 4.87. The van der Waals surface area contributed by atoms with Gasteiger partial charge in [-0.05, 0) is 117 Å². The van der Waals surface area contributed by atoms with Crippen LogP contribution >= 0.6 is 0 Å². The fourth-order valence-corrected chi connectivity index (χ4v) is 10.3. The van der Waals surface area contributed by atoms with Gasteiger partial charge in [-0.25, -0.2) is 9.97 Å². The molecule has 2 aliphatic rings. The predicted molar refractivity (Wildman–Crippen MR) is 247 cm³/mol. The van der Waals surface area contributed by atoms with Gasteiger partial charge in [-0.3, -0.25) is 9.13 Å². The van der Waals surface area contributed by atoms with Gasteiger partial charge in [-0.2, -0.15) is 0 Å². The summed E-state index contributed by atoms with van der Waals surface area (Å²) in [5.74, 6) is 0. The van der Waals surface area contributed by atoms with Crippen molar-refractivity contribution in [2.24, 2.45) is 0 Å². The molecular weight excluding hydrogens is 719 g/mol. The molecule has 0 unspecified atom stereocenters. The van der Waals surface area contributed by atoms with Crippen LogP contribution in [0, 0.1) is 0 Å². The Labute approximate surface area is 347 Å². The molecule has 0 atom stereocenters. The Bertz CT molecular complexity index is 3030. The predicted octanol–water partition coefficient (Wildman–Crippen LogP) is 14.0. The normalized spacial score (nSPS) is 15.2. The number of para-hydroxylation sites is 1. The Morgan fingerprint density at radius 1 is 0.441 bits per heavy atom. The first-order valence-electron chi connectivity index (χ1n) is 21.1. The Hall–Kier alpha value is -6.20. The summed E-state index contributed by atoms with van der Waals surface area (Å²) in [5, 5.41) is 4.92. The average Bonchev–Trinajstić information content (AvgIpc) is 3.72. The van der Waals surface area contributed by atoms with Crippen molar-refractivity contribution < 1.29 is 0 Å². The summed E-state index contributed by atoms with van der Waals surface area (Å²) in [6.07, 6.45) is 3.87. The quantitative estimate of drug-likeness (QED) is 0.180. The lowest BCUT2D eigenvalue weighted by Gasteiger charge is -2.38. The first kappa shape index (κ1) is 35.9. The van der Waals surface area contributed by atoms with E-state index in [0.29, 0.717) is 0 Å². The first-order valence-corrected chi connectivity index (χ1v) is 21.1. The number of benzene rings is 5. The minimum Gasteiger partial charge on any atom is -0.310 e. The van der Waals surface area contributed by atoms with Crippen LogP contribution in [-0.2, 0) is 21.7 Å². The molecule has 9 aromatic rings. The number of fused-ring (bicyclic) bond motifs is 10. The maximum absolute atomic E-state index is 5.07. The van der Waals surface area contributed by atoms with Crippen LogP contribution in [0.3, 0.4) is 0 Å². The van der Waals surface area contributed by atoms with E-state index in [4.69, 9.17) is 9.97 Å². The lowest BCUT2D eigenvalue weighted by molar-refractivity contribution is 0.581. The van der Waals surface area contributed by atoms with Crippen LogP contribution in [0.25, 0.3) is 55.2 Å². The molecule has 0 N–H and O–H groups in total. The number of pyridine rings is 2. The van der Waals surface area contributed by atoms with Gasteiger partial charge in [0.25, 0.3) is 0 Å². The maximum Gasteiger partial charge on any atom is 0.145 e. The molecule has 5 heteroatoms. The standard InChI is InChI=1S/C54H51N5/c1-51(2,3)32-26-39-37-18-14-24-55-49(37)58-45-30-35(20-22-41(45)53(7,8)43(28-32)47(39)58)57(34-16-12-11-13-17-34)36-21-23-42-46(31-36)59-48-40(38-19-15-25-56-50(38)59)27-33(52(4,5)6)29-44(48)54(42,9)10/h11-31H,1-10H3. The molecule has 0 amide bonds. The molecule has 6 heterocycles. The van der Waals surface area contributed by atoms with E-state index in [1.165, 1.54) is 77.3 Å². The third kappa shape index (κ3) is 4.91. The second-order valence-electron chi connectivity index (χ2n) is 20.1. The van der Waals surface area contributed by atoms with Gasteiger partial charge in [0.1, 0.15) is 11.3 Å². The molecule has 0 fully saturated rings. The minimum atomic E-state index is -0.235. The molecule has 0 saturated heterocycles. The molecule has 5 nitrogen and oxygen atoms in total. The van der Waals surface area contributed by atoms with Crippen molar-refractivity contribution in [1.82, 2.24) is 19.1 Å². The van der Waals surface area contributed by atoms with Gasteiger partial charge in [-0.15, -0.1) is 0 Å². The monoisotopic (exact) mass is 769 g/mol. The van der Waals surface area contributed by atoms with Crippen molar-refractivity contribution in [1.29, 1.82) is 0 Å². The summed E-state index contributed by atoms with van der Waals surface area (Å²) in [5.41, 5.74) is 17.7. The van der Waals surface area contributed by atoms with E-state index < -0.39 is 0 Å². The molecule has 292 valence electrons. The van der Waals surface area contributed by atoms with Crippen LogP contribution in [0.4, 0.5) is 17.1 Å². The molecule has 0 radical (unpaired) electrons. The number of rotatable bonds is 3. The molecule has 11 rings (SSSR count). The van der Waals surface area contributed by atoms with E-state index in [9.17, 15) is 0 Å². The summed E-state index contributed by atoms with van der Waals surface area (Å²) >= 11 is 0. The van der Waals surface area contributed by atoms with Crippen molar-refractivity contribution in [2.45, 2.75) is 90.9 Å². The van der Waals surface area contributed by atoms with Gasteiger partial charge in [0.2, 0.25) is 0 Å². The summed E-state index contributed by atoms with van der Waals surface area (Å²) in [7, 11) is 0. The van der Waals surface area contributed by atoms with Crippen LogP contribution in [0.1, 0.15) is 103 Å². The van der Waals surface area contributed by atoms with E-state index in [1.807, 2.05) is 12.4 Å². The van der Waals surface area contributed by atoms with Crippen LogP contribution in [0.2, 0.25) is 0 Å². The number of hydrogen-bond donors (Lipinski definition) is 0. The third-order valence-electron chi connectivity index (χ3n) is 13.6. The molecule has 0 saturated carbocycles. The molecular formula is C54H51N5. The van der Waals surface area contributed by atoms with E-state index in [0.717, 1.165) is 28.4 Å². The lowest BCUT2D eigenvalue weighted by Crippen LogP contribution is -2.28. The third-order valence-corrected chi connectivity index (χ3v) is 13.6. The summed E-state index contributed by atoms with van der Waals surface area (Å²) in [6.45, 7) is 23.4. The lowest BCUT2D eigenvalue weighted by atomic mass is 9.72. The second-order valence-corrected chi connectivity index (χ2v) is 20.1. The zero-order valence-electron chi connectivity index (χ0n) is 35.9. The van der Waals surface area contributed by atoms with Gasteiger partial charge in [0, 0.05) is 61.8 Å². The van der Waals surface area contributed by atoms with Crippen LogP contribution in [0.15, 0.2) is 128 Å². The highest BCUT2D eigenvalue weighted by atomic mass is 15.2. The number of anilines is 3. The number of hydrogen-bond acceptors (Lipinski definition) is 3. The zero-order chi connectivity index (χ0) is 41.0. The Balaban J connectivity index is 1.17. The highest BCUT2D eigenvalue weighted by Gasteiger charge is 2.39. The van der Waals surface area contributed by atoms with Gasteiger partial charge in [-0.1, -0.05) is 112 Å². The van der Waals surface area contributed by atoms with Crippen molar-refractivity contribution in [3.63, 3.8) is 0 Å². The molecule has 2 aliphatic heterocycles. The Kier molecular flexibility index (Phi) is 7.14. The largest absolute Gasteiger partial charge is 0.310 e. The van der Waals surface area contributed by atoms with Gasteiger partial charge < -0.3 is 4.90 Å². The zero-order valence-corrected chi connectivity index (χ0v) is 35.9. The van der Waals surface area contributed by atoms with E-state index >= 15 is 0 Å². The van der Waals surface area contributed by atoms with E-state index in [1.54, 1.807) is 0 Å². The van der Waals surface area contributed by atoms with Gasteiger partial charge in [0.05, 0.1) is 22.4 Å². The second kappa shape index (κ2) is 11.7. The maximum atomic E-state index is 5.07. The number of aromatic nitrogens is 4. The first-order chi connectivity index (χ1) is 28.0. The molecule has 5 aromatic carbocycles. The van der Waals surface area contributed by atoms with Gasteiger partial charge >= 0.3 is 0 Å². The fraction of sp³-hybridized carbons (Fsp3) is 0.259. The van der Waals surface area contributed by atoms with Crippen LogP contribution in [0.5, 0.6) is 0 Å². The summed E-state index contributed by atoms with van der Waals surface area (Å²) in [6, 6.07) is 43.3. The number of nitrogens with zero attached hydrogens (tertiary/aromatic N) is 5. The summed E-state index contributed by atoms with van der Waals surface area (Å²) in [4.78, 5) is 12.6. The van der Waals surface area contributed by atoms with Crippen molar-refractivity contribution >= 4 is 60.9 Å². The Morgan fingerprint density at radius 3 is 1.31 bits per heavy atom. The molecule has 0 spiro atoms. The Morgan fingerprint density at radius 2 is 0.881 bits per heavy atom. The van der Waals surface area contributed by atoms with E-state index in [-0.39, 0.29) is 21.7 Å². The fourth-order valence-electron chi connectivity index (χ4n) is 10.3. The van der Waals surface area contributed by atoms with Crippen molar-refractivity contribution in [3.8, 4) is 11.4 Å². The molecule has 0 aliphatic carbocycles. The highest BCUT2D eigenvalue weighted by Crippen LogP contribution is 2.52. The van der Waals surface area contributed by atoms with E-state index in [2.05, 4.69) is 199 Å². The van der Waals surface area contributed by atoms with Gasteiger partial charge in [0.15, 0.2) is 0 Å². The van der Waals surface area contributed by atoms with Crippen LogP contribution in [-0.4, -0.2) is 19.1 Å². The average molecular weight is 770 g/mol. The molecule has 59 heavy (non-hydrogen) atoms. The minimum absolute atomic E-state index is 0.00797. The highest BCUT2D eigenvalue weighted by molar-refractivity contribution is 6.12. The van der Waals surface area contributed by atoms with Crippen LogP contribution < -0.4 is 4.90 Å². The van der Waals surface area contributed by atoms with Crippen molar-refractivity contribution in [3.05, 3.63) is 161 Å². The molecule has 0 bridgehead atoms. The SMILES string of the molecule is CC(C)(C)c1cc2c3c(c1)c1cccnc1n3-c1cc(N(c3ccccc3)c3ccc4c(c3)-n3c5ncccc5c5cc(C(C)(C)C)cc(c53)C4(C)C)ccc1C2(C)C. The smallest absolute Gasteiger partial charge is 0.145 e.